The van der Waals surface area contributed by atoms with Crippen molar-refractivity contribution in [1.29, 1.82) is 0 Å². The average Bonchev–Trinajstić information content (AvgIpc) is 2.54. The molecule has 7 heteroatoms. The van der Waals surface area contributed by atoms with Crippen LogP contribution in [0.4, 0.5) is 4.79 Å². The highest BCUT2D eigenvalue weighted by Crippen LogP contribution is 2.26. The molecule has 0 aromatic rings. The van der Waals surface area contributed by atoms with Crippen molar-refractivity contribution in [1.82, 2.24) is 20.7 Å². The fourth-order valence-electron chi connectivity index (χ4n) is 2.64. The second kappa shape index (κ2) is 7.51. The van der Waals surface area contributed by atoms with Crippen molar-refractivity contribution in [3.8, 4) is 0 Å². The van der Waals surface area contributed by atoms with Crippen LogP contribution >= 0.6 is 0 Å². The van der Waals surface area contributed by atoms with Gasteiger partial charge in [0.05, 0.1) is 5.70 Å². The second-order valence-corrected chi connectivity index (χ2v) is 6.46. The number of urea groups is 1. The van der Waals surface area contributed by atoms with Crippen LogP contribution in [0.5, 0.6) is 0 Å². The van der Waals surface area contributed by atoms with Crippen molar-refractivity contribution >= 4 is 17.7 Å². The van der Waals surface area contributed by atoms with Crippen molar-refractivity contribution in [2.45, 2.75) is 58.7 Å². The van der Waals surface area contributed by atoms with Gasteiger partial charge in [0.1, 0.15) is 6.17 Å². The van der Waals surface area contributed by atoms with E-state index in [2.05, 4.69) is 17.7 Å². The molecule has 1 atom stereocenters. The van der Waals surface area contributed by atoms with Crippen molar-refractivity contribution < 1.29 is 14.4 Å². The molecule has 1 unspecified atom stereocenters. The van der Waals surface area contributed by atoms with Crippen molar-refractivity contribution in [3.63, 3.8) is 0 Å². The third-order valence-corrected chi connectivity index (χ3v) is 4.37. The lowest BCUT2D eigenvalue weighted by molar-refractivity contribution is -0.123. The predicted octanol–water partition coefficient (Wildman–Crippen LogP) is 1.68. The number of nitrogens with zero attached hydrogens (tertiary/aromatic N) is 2. The van der Waals surface area contributed by atoms with Crippen LogP contribution in [0.2, 0.25) is 0 Å². The summed E-state index contributed by atoms with van der Waals surface area (Å²) in [6, 6.07) is -0.199. The van der Waals surface area contributed by atoms with Gasteiger partial charge in [-0.1, -0.05) is 13.3 Å². The number of carbonyl (C=O) groups excluding carboxylic acids is 3. The van der Waals surface area contributed by atoms with Crippen LogP contribution in [0.15, 0.2) is 23.4 Å². The Morgan fingerprint density at radius 2 is 2.12 bits per heavy atom. The number of nitrogens with one attached hydrogen (secondary N) is 2. The molecule has 132 valence electrons. The van der Waals surface area contributed by atoms with Gasteiger partial charge < -0.3 is 10.2 Å². The van der Waals surface area contributed by atoms with E-state index in [0.29, 0.717) is 17.7 Å². The number of hydrazine groups is 1. The summed E-state index contributed by atoms with van der Waals surface area (Å²) in [5.41, 5.74) is 3.89. The Morgan fingerprint density at radius 3 is 2.75 bits per heavy atom. The Balaban J connectivity index is 2.29. The lowest BCUT2D eigenvalue weighted by atomic mass is 9.97. The minimum Gasteiger partial charge on any atom is -0.330 e. The predicted molar refractivity (Wildman–Crippen MR) is 90.5 cm³/mol. The number of hydrogen-bond acceptors (Lipinski definition) is 4. The third kappa shape index (κ3) is 3.77. The van der Waals surface area contributed by atoms with Gasteiger partial charge in [-0.3, -0.25) is 14.6 Å². The van der Waals surface area contributed by atoms with Gasteiger partial charge in [-0.05, 0) is 38.8 Å². The summed E-state index contributed by atoms with van der Waals surface area (Å²) in [7, 11) is 1.72. The lowest BCUT2D eigenvalue weighted by Gasteiger charge is -2.41. The quantitative estimate of drug-likeness (QED) is 0.801. The maximum Gasteiger partial charge on any atom is 0.336 e. The van der Waals surface area contributed by atoms with Gasteiger partial charge in [0.25, 0.3) is 5.91 Å². The van der Waals surface area contributed by atoms with Gasteiger partial charge in [-0.25, -0.2) is 10.2 Å². The molecule has 0 saturated carbocycles. The first-order chi connectivity index (χ1) is 11.3. The van der Waals surface area contributed by atoms with Crippen LogP contribution < -0.4 is 10.7 Å². The zero-order valence-electron chi connectivity index (χ0n) is 14.8. The second-order valence-electron chi connectivity index (χ2n) is 6.46. The zero-order valence-corrected chi connectivity index (χ0v) is 14.8. The molecule has 1 heterocycles. The van der Waals surface area contributed by atoms with Gasteiger partial charge in [0.2, 0.25) is 0 Å². The van der Waals surface area contributed by atoms with Crippen LogP contribution in [0, 0.1) is 0 Å². The highest BCUT2D eigenvalue weighted by Gasteiger charge is 2.35. The van der Waals surface area contributed by atoms with E-state index >= 15 is 0 Å². The third-order valence-electron chi connectivity index (χ3n) is 4.37. The normalized spacial score (nSPS) is 20.2. The van der Waals surface area contributed by atoms with Gasteiger partial charge in [0.15, 0.2) is 5.78 Å². The summed E-state index contributed by atoms with van der Waals surface area (Å²) in [4.78, 5) is 38.0. The number of hydrogen-bond donors (Lipinski definition) is 2. The molecule has 0 radical (unpaired) electrons. The number of amides is 3. The van der Waals surface area contributed by atoms with E-state index in [-0.39, 0.29) is 36.3 Å². The van der Waals surface area contributed by atoms with Crippen molar-refractivity contribution in [2.75, 3.05) is 7.05 Å². The Kier molecular flexibility index (Phi) is 5.64. The molecule has 2 rings (SSSR count). The van der Waals surface area contributed by atoms with Gasteiger partial charge in [-0.2, -0.15) is 0 Å². The van der Waals surface area contributed by atoms with E-state index < -0.39 is 0 Å². The average molecular weight is 334 g/mol. The van der Waals surface area contributed by atoms with E-state index in [0.717, 1.165) is 12.8 Å². The molecule has 0 fully saturated rings. The monoisotopic (exact) mass is 334 g/mol. The van der Waals surface area contributed by atoms with Crippen LogP contribution in [0.1, 0.15) is 46.5 Å². The Bertz CT molecular complexity index is 595. The zero-order chi connectivity index (χ0) is 17.9. The molecule has 3 amide bonds. The fourth-order valence-corrected chi connectivity index (χ4v) is 2.64. The molecule has 24 heavy (non-hydrogen) atoms. The Labute approximate surface area is 142 Å². The summed E-state index contributed by atoms with van der Waals surface area (Å²) in [5, 5.41) is 4.60. The Hall–Kier alpha value is -2.31. The van der Waals surface area contributed by atoms with Crippen LogP contribution in [0.25, 0.3) is 0 Å². The van der Waals surface area contributed by atoms with E-state index in [1.165, 1.54) is 6.08 Å². The maximum absolute atomic E-state index is 12.4. The van der Waals surface area contributed by atoms with E-state index in [4.69, 9.17) is 0 Å². The topological polar surface area (TPSA) is 81.8 Å². The van der Waals surface area contributed by atoms with Crippen LogP contribution in [0.3, 0.4) is 0 Å². The smallest absolute Gasteiger partial charge is 0.330 e. The van der Waals surface area contributed by atoms with Crippen LogP contribution in [-0.2, 0) is 9.59 Å². The highest BCUT2D eigenvalue weighted by atomic mass is 16.2. The molecular formula is C17H26N4O3. The first kappa shape index (κ1) is 18.0. The van der Waals surface area contributed by atoms with Crippen molar-refractivity contribution in [3.05, 3.63) is 23.4 Å². The lowest BCUT2D eigenvalue weighted by Crippen LogP contribution is -2.61. The first-order valence-corrected chi connectivity index (χ1v) is 8.42. The SMILES string of the molecule is CCCCC1NC(=O)C2=C(C=CC(=O)C2)N1NC(=O)N(C)C(C)C. The molecular weight excluding hydrogens is 308 g/mol. The largest absolute Gasteiger partial charge is 0.336 e. The number of ketones is 1. The number of allylic oxidation sites excluding steroid dienone is 2. The number of unbranched alkanes of at least 4 members (excludes halogenated alkanes) is 1. The van der Waals surface area contributed by atoms with Gasteiger partial charge in [0, 0.05) is 25.1 Å². The summed E-state index contributed by atoms with van der Waals surface area (Å²) in [6.45, 7) is 5.93. The molecule has 0 spiro atoms. The summed E-state index contributed by atoms with van der Waals surface area (Å²) in [6.07, 6.45) is 5.44. The number of rotatable bonds is 5. The first-order valence-electron chi connectivity index (χ1n) is 8.42. The summed E-state index contributed by atoms with van der Waals surface area (Å²) in [5.74, 6) is -0.340. The molecule has 0 aromatic carbocycles. The molecule has 0 bridgehead atoms. The maximum atomic E-state index is 12.4. The molecule has 1 aliphatic carbocycles. The Morgan fingerprint density at radius 1 is 1.42 bits per heavy atom. The van der Waals surface area contributed by atoms with E-state index in [1.807, 2.05) is 13.8 Å². The van der Waals surface area contributed by atoms with Crippen LogP contribution in [-0.4, -0.2) is 46.9 Å². The molecule has 0 aromatic heterocycles. The van der Waals surface area contributed by atoms with Gasteiger partial charge in [-0.15, -0.1) is 0 Å². The van der Waals surface area contributed by atoms with E-state index in [1.54, 1.807) is 23.0 Å². The summed E-state index contributed by atoms with van der Waals surface area (Å²) >= 11 is 0. The molecule has 2 N–H and O–H groups in total. The fraction of sp³-hybridized carbons (Fsp3) is 0.588. The molecule has 2 aliphatic rings. The number of carbonyl (C=O) groups is 3. The molecule has 1 aliphatic heterocycles. The minimum atomic E-state index is -0.321. The summed E-state index contributed by atoms with van der Waals surface area (Å²) < 4.78 is 0. The highest BCUT2D eigenvalue weighted by molar-refractivity contribution is 6.05. The van der Waals surface area contributed by atoms with Gasteiger partial charge >= 0.3 is 6.03 Å². The molecule has 7 nitrogen and oxygen atoms in total. The van der Waals surface area contributed by atoms with E-state index in [9.17, 15) is 14.4 Å². The molecule has 0 saturated heterocycles. The standard InChI is InChI=1S/C17H26N4O3/c1-5-6-7-15-18-16(23)13-10-12(22)8-9-14(13)21(15)19-17(24)20(4)11(2)3/h8-9,11,15H,5-7,10H2,1-4H3,(H,18,23)(H,19,24). The minimum absolute atomic E-state index is 0.0513. The van der Waals surface area contributed by atoms with Crippen molar-refractivity contribution in [2.24, 2.45) is 0 Å².